The lowest BCUT2D eigenvalue weighted by molar-refractivity contribution is -0.167. The van der Waals surface area contributed by atoms with E-state index in [1.54, 1.807) is 17.6 Å². The normalized spacial score (nSPS) is 11.8. The first-order valence-corrected chi connectivity index (χ1v) is 7.95. The molecule has 2 aromatic heterocycles. The van der Waals surface area contributed by atoms with Gasteiger partial charge in [0.15, 0.2) is 0 Å². The van der Waals surface area contributed by atoms with Gasteiger partial charge < -0.3 is 15.3 Å². The molecule has 0 fully saturated rings. The molecule has 0 aliphatic rings. The first-order chi connectivity index (χ1) is 12.8. The van der Waals surface area contributed by atoms with E-state index in [0.717, 1.165) is 16.5 Å². The van der Waals surface area contributed by atoms with Crippen molar-refractivity contribution >= 4 is 33.4 Å². The summed E-state index contributed by atoms with van der Waals surface area (Å²) in [6.45, 7) is 0. The van der Waals surface area contributed by atoms with Crippen LogP contribution in [0.15, 0.2) is 59.5 Å². The van der Waals surface area contributed by atoms with Crippen LogP contribution in [0.5, 0.6) is 0 Å². The highest BCUT2D eigenvalue weighted by Gasteiger charge is 2.38. The fraction of sp³-hybridized carbons (Fsp3) is 0.0526. The van der Waals surface area contributed by atoms with Gasteiger partial charge in [-0.2, -0.15) is 13.2 Å². The number of hydrogen-bond acceptors (Lipinski definition) is 2. The monoisotopic (exact) mass is 371 g/mol. The van der Waals surface area contributed by atoms with Gasteiger partial charge >= 0.3 is 12.1 Å². The molecule has 0 saturated heterocycles. The summed E-state index contributed by atoms with van der Waals surface area (Å²) in [7, 11) is 0. The van der Waals surface area contributed by atoms with Crippen LogP contribution < -0.4 is 10.9 Å². The zero-order valence-electron chi connectivity index (χ0n) is 13.6. The van der Waals surface area contributed by atoms with Gasteiger partial charge in [0.1, 0.15) is 0 Å². The van der Waals surface area contributed by atoms with Crippen LogP contribution in [-0.2, 0) is 4.79 Å². The Morgan fingerprint density at radius 2 is 1.74 bits per heavy atom. The zero-order valence-corrected chi connectivity index (χ0v) is 13.6. The van der Waals surface area contributed by atoms with E-state index < -0.39 is 12.1 Å². The SMILES string of the molecule is O=C(Nc1ccc2cc(-c3c[nH]c4ccccc34)c(=O)[nH]c2c1)C(F)(F)F. The summed E-state index contributed by atoms with van der Waals surface area (Å²) < 4.78 is 37.1. The summed E-state index contributed by atoms with van der Waals surface area (Å²) in [5.41, 5.74) is 1.93. The molecule has 5 nitrogen and oxygen atoms in total. The molecule has 2 heterocycles. The number of hydrogen-bond donors (Lipinski definition) is 3. The highest BCUT2D eigenvalue weighted by Crippen LogP contribution is 2.28. The van der Waals surface area contributed by atoms with Crippen LogP contribution in [0.1, 0.15) is 0 Å². The lowest BCUT2D eigenvalue weighted by Gasteiger charge is -2.09. The minimum atomic E-state index is -4.98. The molecule has 0 aliphatic heterocycles. The van der Waals surface area contributed by atoms with E-state index in [4.69, 9.17) is 0 Å². The Morgan fingerprint density at radius 1 is 0.963 bits per heavy atom. The number of para-hydroxylation sites is 1. The van der Waals surface area contributed by atoms with Crippen LogP contribution in [0.3, 0.4) is 0 Å². The fourth-order valence-electron chi connectivity index (χ4n) is 2.98. The van der Waals surface area contributed by atoms with Crippen LogP contribution in [0.25, 0.3) is 32.9 Å². The number of carbonyl (C=O) groups excluding carboxylic acids is 1. The number of amides is 1. The van der Waals surface area contributed by atoms with Gasteiger partial charge in [-0.3, -0.25) is 9.59 Å². The van der Waals surface area contributed by atoms with Crippen molar-refractivity contribution < 1.29 is 18.0 Å². The lowest BCUT2D eigenvalue weighted by Crippen LogP contribution is -2.29. The lowest BCUT2D eigenvalue weighted by atomic mass is 10.0. The number of halogens is 3. The quantitative estimate of drug-likeness (QED) is 0.494. The second-order valence-electron chi connectivity index (χ2n) is 6.01. The van der Waals surface area contributed by atoms with Gasteiger partial charge in [0.05, 0.1) is 5.52 Å². The van der Waals surface area contributed by atoms with Crippen molar-refractivity contribution in [2.75, 3.05) is 5.32 Å². The predicted octanol–water partition coefficient (Wildman–Crippen LogP) is 4.18. The number of aromatic amines is 2. The summed E-state index contributed by atoms with van der Waals surface area (Å²) in [6.07, 6.45) is -3.25. The third-order valence-electron chi connectivity index (χ3n) is 4.24. The van der Waals surface area contributed by atoms with E-state index in [1.165, 1.54) is 18.2 Å². The number of pyridine rings is 1. The summed E-state index contributed by atoms with van der Waals surface area (Å²) >= 11 is 0. The van der Waals surface area contributed by atoms with Crippen LogP contribution >= 0.6 is 0 Å². The van der Waals surface area contributed by atoms with Crippen molar-refractivity contribution in [2.45, 2.75) is 6.18 Å². The number of aromatic nitrogens is 2. The van der Waals surface area contributed by atoms with E-state index in [2.05, 4.69) is 9.97 Å². The zero-order chi connectivity index (χ0) is 19.2. The molecule has 0 atom stereocenters. The molecule has 0 aliphatic carbocycles. The van der Waals surface area contributed by atoms with Crippen molar-refractivity contribution in [2.24, 2.45) is 0 Å². The molecule has 0 radical (unpaired) electrons. The Bertz CT molecular complexity index is 1240. The maximum atomic E-state index is 12.5. The van der Waals surface area contributed by atoms with Crippen LogP contribution in [0.2, 0.25) is 0 Å². The van der Waals surface area contributed by atoms with E-state index >= 15 is 0 Å². The largest absolute Gasteiger partial charge is 0.471 e. The van der Waals surface area contributed by atoms with Crippen molar-refractivity contribution in [3.8, 4) is 11.1 Å². The van der Waals surface area contributed by atoms with Gasteiger partial charge in [-0.15, -0.1) is 0 Å². The third-order valence-corrected chi connectivity index (χ3v) is 4.24. The minimum Gasteiger partial charge on any atom is -0.361 e. The average Bonchev–Trinajstić information content (AvgIpc) is 3.04. The Balaban J connectivity index is 1.78. The second-order valence-corrected chi connectivity index (χ2v) is 6.01. The molecule has 2 aromatic carbocycles. The molecule has 0 unspecified atom stereocenters. The maximum absolute atomic E-state index is 12.5. The van der Waals surface area contributed by atoms with Gasteiger partial charge in [0.25, 0.3) is 5.56 Å². The fourth-order valence-corrected chi connectivity index (χ4v) is 2.98. The molecule has 4 aromatic rings. The van der Waals surface area contributed by atoms with Crippen molar-refractivity contribution in [1.82, 2.24) is 9.97 Å². The molecular weight excluding hydrogens is 359 g/mol. The molecule has 136 valence electrons. The summed E-state index contributed by atoms with van der Waals surface area (Å²) in [5, 5.41) is 3.28. The number of H-pyrrole nitrogens is 2. The predicted molar refractivity (Wildman–Crippen MR) is 96.5 cm³/mol. The number of rotatable bonds is 2. The molecular formula is C19H12F3N3O2. The van der Waals surface area contributed by atoms with E-state index in [-0.39, 0.29) is 11.2 Å². The summed E-state index contributed by atoms with van der Waals surface area (Å²) in [5.74, 6) is -2.07. The van der Waals surface area contributed by atoms with E-state index in [9.17, 15) is 22.8 Å². The van der Waals surface area contributed by atoms with Crippen molar-refractivity contribution in [3.63, 3.8) is 0 Å². The topological polar surface area (TPSA) is 77.8 Å². The maximum Gasteiger partial charge on any atom is 0.471 e. The number of anilines is 1. The van der Waals surface area contributed by atoms with Gasteiger partial charge in [-0.25, -0.2) is 0 Å². The minimum absolute atomic E-state index is 0.0553. The number of alkyl halides is 3. The highest BCUT2D eigenvalue weighted by molar-refractivity contribution is 5.99. The number of benzene rings is 2. The van der Waals surface area contributed by atoms with Gasteiger partial charge in [0.2, 0.25) is 0 Å². The van der Waals surface area contributed by atoms with Crippen LogP contribution in [0, 0.1) is 0 Å². The number of nitrogens with one attached hydrogen (secondary N) is 3. The van der Waals surface area contributed by atoms with E-state index in [0.29, 0.717) is 16.5 Å². The van der Waals surface area contributed by atoms with Crippen molar-refractivity contribution in [3.05, 3.63) is 65.1 Å². The standard InChI is InChI=1S/C19H12F3N3O2/c20-19(21,22)18(27)24-11-6-5-10-7-13(17(26)25-16(10)8-11)14-9-23-15-4-2-1-3-12(14)15/h1-9,23H,(H,24,27)(H,25,26). The van der Waals surface area contributed by atoms with Gasteiger partial charge in [-0.1, -0.05) is 24.3 Å². The Kier molecular flexibility index (Phi) is 3.76. The third kappa shape index (κ3) is 3.05. The van der Waals surface area contributed by atoms with Crippen LogP contribution in [0.4, 0.5) is 18.9 Å². The summed E-state index contributed by atoms with van der Waals surface area (Å²) in [6, 6.07) is 13.4. The molecule has 0 saturated carbocycles. The van der Waals surface area contributed by atoms with Crippen LogP contribution in [-0.4, -0.2) is 22.1 Å². The first kappa shape index (κ1) is 16.9. The number of fused-ring (bicyclic) bond motifs is 2. The molecule has 27 heavy (non-hydrogen) atoms. The molecule has 1 amide bonds. The van der Waals surface area contributed by atoms with E-state index in [1.807, 2.05) is 24.3 Å². The van der Waals surface area contributed by atoms with Crippen molar-refractivity contribution in [1.29, 1.82) is 0 Å². The second kappa shape index (κ2) is 6.01. The summed E-state index contributed by atoms with van der Waals surface area (Å²) in [4.78, 5) is 29.4. The van der Waals surface area contributed by atoms with Gasteiger partial charge in [0, 0.05) is 33.9 Å². The Hall–Kier alpha value is -3.55. The molecule has 8 heteroatoms. The highest BCUT2D eigenvalue weighted by atomic mass is 19.4. The Labute approximate surface area is 149 Å². The van der Waals surface area contributed by atoms with Gasteiger partial charge in [-0.05, 0) is 29.7 Å². The Morgan fingerprint density at radius 3 is 2.52 bits per heavy atom. The first-order valence-electron chi connectivity index (χ1n) is 7.95. The molecule has 0 spiro atoms. The smallest absolute Gasteiger partial charge is 0.361 e. The molecule has 0 bridgehead atoms. The molecule has 4 rings (SSSR count). The number of carbonyl (C=O) groups is 1. The average molecular weight is 371 g/mol. The molecule has 3 N–H and O–H groups in total.